The van der Waals surface area contributed by atoms with Crippen molar-refractivity contribution in [1.29, 1.82) is 0 Å². The van der Waals surface area contributed by atoms with E-state index < -0.39 is 0 Å². The lowest BCUT2D eigenvalue weighted by Gasteiger charge is -2.22. The van der Waals surface area contributed by atoms with Gasteiger partial charge < -0.3 is 9.64 Å². The monoisotopic (exact) mass is 300 g/mol. The molecule has 0 atom stereocenters. The summed E-state index contributed by atoms with van der Waals surface area (Å²) in [5.74, 6) is 1.01. The number of aromatic nitrogens is 3. The molecular formula is C16H20N4O2. The van der Waals surface area contributed by atoms with Crippen molar-refractivity contribution in [2.45, 2.75) is 38.4 Å². The number of hydrogen-bond acceptors (Lipinski definition) is 4. The Labute approximate surface area is 129 Å². The van der Waals surface area contributed by atoms with Crippen LogP contribution in [0.4, 0.5) is 0 Å². The van der Waals surface area contributed by atoms with Crippen LogP contribution in [0.1, 0.15) is 24.8 Å². The predicted octanol–water partition coefficient (Wildman–Crippen LogP) is 1.87. The standard InChI is InChI=1S/C16H20N4O2/c1-22-15-6-2-13(3-7-15)10-20(14-4-5-14)16(21)8-9-19-12-17-11-18-19/h2-3,6-7,11-12,14H,4-5,8-10H2,1H3. The molecule has 1 amide bonds. The lowest BCUT2D eigenvalue weighted by Crippen LogP contribution is -2.33. The van der Waals surface area contributed by atoms with E-state index >= 15 is 0 Å². The minimum absolute atomic E-state index is 0.175. The molecule has 6 nitrogen and oxygen atoms in total. The van der Waals surface area contributed by atoms with Crippen LogP contribution in [0, 0.1) is 0 Å². The van der Waals surface area contributed by atoms with E-state index in [2.05, 4.69) is 10.1 Å². The molecule has 0 radical (unpaired) electrons. The Balaban J connectivity index is 1.60. The Morgan fingerprint density at radius 3 is 2.73 bits per heavy atom. The van der Waals surface area contributed by atoms with E-state index in [-0.39, 0.29) is 5.91 Å². The van der Waals surface area contributed by atoms with Crippen LogP contribution in [0.5, 0.6) is 5.75 Å². The average molecular weight is 300 g/mol. The number of carbonyl (C=O) groups excluding carboxylic acids is 1. The number of amides is 1. The number of hydrogen-bond donors (Lipinski definition) is 0. The average Bonchev–Trinajstić information content (AvgIpc) is 3.26. The molecule has 1 aliphatic carbocycles. The van der Waals surface area contributed by atoms with Gasteiger partial charge in [0.25, 0.3) is 0 Å². The Morgan fingerprint density at radius 2 is 2.14 bits per heavy atom. The molecule has 1 fully saturated rings. The van der Waals surface area contributed by atoms with Gasteiger partial charge in [0, 0.05) is 19.0 Å². The van der Waals surface area contributed by atoms with Crippen molar-refractivity contribution in [3.8, 4) is 5.75 Å². The van der Waals surface area contributed by atoms with Crippen LogP contribution in [0.15, 0.2) is 36.9 Å². The van der Waals surface area contributed by atoms with Crippen LogP contribution in [0.2, 0.25) is 0 Å². The molecule has 0 aliphatic heterocycles. The SMILES string of the molecule is COc1ccc(CN(C(=O)CCn2cncn2)C2CC2)cc1. The molecule has 1 saturated carbocycles. The summed E-state index contributed by atoms with van der Waals surface area (Å²) < 4.78 is 6.86. The minimum Gasteiger partial charge on any atom is -0.497 e. The molecule has 1 aromatic heterocycles. The van der Waals surface area contributed by atoms with Gasteiger partial charge in [0.15, 0.2) is 0 Å². The normalized spacial score (nSPS) is 13.9. The highest BCUT2D eigenvalue weighted by atomic mass is 16.5. The predicted molar refractivity (Wildman–Crippen MR) is 81.2 cm³/mol. The highest BCUT2D eigenvalue weighted by Gasteiger charge is 2.32. The number of ether oxygens (including phenoxy) is 1. The number of nitrogens with zero attached hydrogens (tertiary/aromatic N) is 4. The number of carbonyl (C=O) groups is 1. The largest absolute Gasteiger partial charge is 0.497 e. The molecule has 3 rings (SSSR count). The first kappa shape index (κ1) is 14.6. The van der Waals surface area contributed by atoms with E-state index in [1.165, 1.54) is 6.33 Å². The zero-order valence-electron chi connectivity index (χ0n) is 12.7. The second-order valence-corrected chi connectivity index (χ2v) is 5.51. The van der Waals surface area contributed by atoms with E-state index in [0.717, 1.165) is 24.2 Å². The van der Waals surface area contributed by atoms with Crippen molar-refractivity contribution in [1.82, 2.24) is 19.7 Å². The van der Waals surface area contributed by atoms with Crippen LogP contribution in [0.25, 0.3) is 0 Å². The van der Waals surface area contributed by atoms with E-state index in [1.807, 2.05) is 29.2 Å². The van der Waals surface area contributed by atoms with Crippen LogP contribution in [-0.4, -0.2) is 38.7 Å². The summed E-state index contributed by atoms with van der Waals surface area (Å²) >= 11 is 0. The van der Waals surface area contributed by atoms with Gasteiger partial charge in [-0.3, -0.25) is 9.48 Å². The Bertz CT molecular complexity index is 606. The molecule has 0 bridgehead atoms. The Morgan fingerprint density at radius 1 is 1.36 bits per heavy atom. The summed E-state index contributed by atoms with van der Waals surface area (Å²) in [5, 5.41) is 4.03. The molecule has 22 heavy (non-hydrogen) atoms. The Kier molecular flexibility index (Phi) is 4.37. The third-order valence-corrected chi connectivity index (χ3v) is 3.84. The maximum absolute atomic E-state index is 12.5. The van der Waals surface area contributed by atoms with Gasteiger partial charge in [-0.15, -0.1) is 0 Å². The van der Waals surface area contributed by atoms with Crippen molar-refractivity contribution in [3.05, 3.63) is 42.5 Å². The summed E-state index contributed by atoms with van der Waals surface area (Å²) in [6.07, 6.45) is 5.78. The molecule has 2 aromatic rings. The molecule has 1 heterocycles. The minimum atomic E-state index is 0.175. The van der Waals surface area contributed by atoms with E-state index in [1.54, 1.807) is 18.1 Å². The summed E-state index contributed by atoms with van der Waals surface area (Å²) in [6.45, 7) is 1.23. The van der Waals surface area contributed by atoms with Gasteiger partial charge in [0.2, 0.25) is 5.91 Å². The number of aryl methyl sites for hydroxylation is 1. The first-order valence-electron chi connectivity index (χ1n) is 7.51. The zero-order chi connectivity index (χ0) is 15.4. The summed E-state index contributed by atoms with van der Waals surface area (Å²) in [7, 11) is 1.65. The fraction of sp³-hybridized carbons (Fsp3) is 0.438. The summed E-state index contributed by atoms with van der Waals surface area (Å²) in [5.41, 5.74) is 1.13. The quantitative estimate of drug-likeness (QED) is 0.783. The summed E-state index contributed by atoms with van der Waals surface area (Å²) in [6, 6.07) is 8.28. The molecule has 0 unspecified atom stereocenters. The van der Waals surface area contributed by atoms with Crippen LogP contribution in [-0.2, 0) is 17.9 Å². The highest BCUT2D eigenvalue weighted by Crippen LogP contribution is 2.29. The van der Waals surface area contributed by atoms with E-state index in [4.69, 9.17) is 4.74 Å². The molecule has 1 aliphatic rings. The van der Waals surface area contributed by atoms with Crippen molar-refractivity contribution in [2.24, 2.45) is 0 Å². The zero-order valence-corrected chi connectivity index (χ0v) is 12.7. The van der Waals surface area contributed by atoms with Gasteiger partial charge in [-0.1, -0.05) is 12.1 Å². The molecule has 116 valence electrons. The maximum atomic E-state index is 12.5. The van der Waals surface area contributed by atoms with Crippen molar-refractivity contribution in [2.75, 3.05) is 7.11 Å². The van der Waals surface area contributed by atoms with Gasteiger partial charge in [0.05, 0.1) is 13.7 Å². The fourth-order valence-electron chi connectivity index (χ4n) is 2.44. The van der Waals surface area contributed by atoms with E-state index in [0.29, 0.717) is 25.6 Å². The number of benzene rings is 1. The molecule has 1 aromatic carbocycles. The molecule has 0 N–H and O–H groups in total. The van der Waals surface area contributed by atoms with Crippen molar-refractivity contribution >= 4 is 5.91 Å². The van der Waals surface area contributed by atoms with Crippen LogP contribution >= 0.6 is 0 Å². The number of rotatable bonds is 7. The third kappa shape index (κ3) is 3.63. The van der Waals surface area contributed by atoms with Gasteiger partial charge in [-0.2, -0.15) is 5.10 Å². The second-order valence-electron chi connectivity index (χ2n) is 5.51. The smallest absolute Gasteiger partial charge is 0.224 e. The molecule has 6 heteroatoms. The fourth-order valence-corrected chi connectivity index (χ4v) is 2.44. The van der Waals surface area contributed by atoms with E-state index in [9.17, 15) is 4.79 Å². The third-order valence-electron chi connectivity index (χ3n) is 3.84. The topological polar surface area (TPSA) is 60.2 Å². The highest BCUT2D eigenvalue weighted by molar-refractivity contribution is 5.76. The molecular weight excluding hydrogens is 280 g/mol. The van der Waals surface area contributed by atoms with Crippen LogP contribution < -0.4 is 4.74 Å². The van der Waals surface area contributed by atoms with Gasteiger partial charge in [0.1, 0.15) is 18.4 Å². The van der Waals surface area contributed by atoms with Crippen LogP contribution in [0.3, 0.4) is 0 Å². The second kappa shape index (κ2) is 6.60. The van der Waals surface area contributed by atoms with Crippen molar-refractivity contribution in [3.63, 3.8) is 0 Å². The Hall–Kier alpha value is -2.37. The first-order valence-corrected chi connectivity index (χ1v) is 7.51. The molecule has 0 spiro atoms. The first-order chi connectivity index (χ1) is 10.8. The maximum Gasteiger partial charge on any atom is 0.224 e. The number of methoxy groups -OCH3 is 1. The van der Waals surface area contributed by atoms with Crippen molar-refractivity contribution < 1.29 is 9.53 Å². The summed E-state index contributed by atoms with van der Waals surface area (Å²) in [4.78, 5) is 18.4. The lowest BCUT2D eigenvalue weighted by molar-refractivity contribution is -0.132. The van der Waals surface area contributed by atoms with Gasteiger partial charge >= 0.3 is 0 Å². The van der Waals surface area contributed by atoms with Gasteiger partial charge in [-0.25, -0.2) is 4.98 Å². The molecule has 0 saturated heterocycles. The van der Waals surface area contributed by atoms with Gasteiger partial charge in [-0.05, 0) is 30.5 Å². The lowest BCUT2D eigenvalue weighted by atomic mass is 10.2.